The minimum Gasteiger partial charge on any atom is -0.463 e. The number of hydrogen-bond donors (Lipinski definition) is 1. The first-order chi connectivity index (χ1) is 8.15. The number of nitrogen functional groups attached to an aromatic ring is 1. The van der Waals surface area contributed by atoms with Gasteiger partial charge in [0.15, 0.2) is 0 Å². The topological polar surface area (TPSA) is 52.3 Å². The number of carbonyl (C=O) groups excluding carboxylic acids is 1. The summed E-state index contributed by atoms with van der Waals surface area (Å²) < 4.78 is 5.24. The molecule has 17 heavy (non-hydrogen) atoms. The molecule has 0 radical (unpaired) electrons. The van der Waals surface area contributed by atoms with E-state index < -0.39 is 0 Å². The van der Waals surface area contributed by atoms with E-state index in [2.05, 4.69) is 12.1 Å². The van der Waals surface area contributed by atoms with Gasteiger partial charge in [-0.25, -0.2) is 0 Å². The molecule has 0 spiro atoms. The van der Waals surface area contributed by atoms with Crippen LogP contribution < -0.4 is 5.73 Å². The van der Waals surface area contributed by atoms with Crippen LogP contribution in [0.4, 0.5) is 5.69 Å². The van der Waals surface area contributed by atoms with Gasteiger partial charge in [-0.3, -0.25) is 4.79 Å². The predicted octanol–water partition coefficient (Wildman–Crippen LogP) is 2.86. The van der Waals surface area contributed by atoms with Gasteiger partial charge in [0.25, 0.3) is 0 Å². The predicted molar refractivity (Wildman–Crippen MR) is 67.6 cm³/mol. The average Bonchev–Trinajstić information content (AvgIpc) is 2.30. The second-order valence-electron chi connectivity index (χ2n) is 4.75. The second kappa shape index (κ2) is 5.21. The van der Waals surface area contributed by atoms with Crippen molar-refractivity contribution < 1.29 is 9.53 Å². The van der Waals surface area contributed by atoms with Gasteiger partial charge in [0.2, 0.25) is 0 Å². The molecule has 0 heterocycles. The van der Waals surface area contributed by atoms with E-state index in [0.29, 0.717) is 5.92 Å². The number of nitrogens with two attached hydrogens (primary N) is 1. The van der Waals surface area contributed by atoms with Gasteiger partial charge in [-0.1, -0.05) is 12.1 Å². The Kier molecular flexibility index (Phi) is 3.67. The van der Waals surface area contributed by atoms with Gasteiger partial charge in [-0.05, 0) is 49.3 Å². The first kappa shape index (κ1) is 12.0. The van der Waals surface area contributed by atoms with Crippen molar-refractivity contribution in [1.29, 1.82) is 0 Å². The number of ether oxygens (including phenoxy) is 1. The van der Waals surface area contributed by atoms with Crippen LogP contribution in [0.25, 0.3) is 0 Å². The van der Waals surface area contributed by atoms with Gasteiger partial charge >= 0.3 is 5.97 Å². The van der Waals surface area contributed by atoms with E-state index in [4.69, 9.17) is 10.5 Å². The lowest BCUT2D eigenvalue weighted by molar-refractivity contribution is -0.147. The minimum atomic E-state index is -0.166. The van der Waals surface area contributed by atoms with Gasteiger partial charge in [0, 0.05) is 12.6 Å². The van der Waals surface area contributed by atoms with Crippen molar-refractivity contribution >= 4 is 11.7 Å². The Labute approximate surface area is 102 Å². The lowest BCUT2D eigenvalue weighted by Gasteiger charge is -2.28. The molecule has 0 atom stereocenters. The van der Waals surface area contributed by atoms with Crippen molar-refractivity contribution in [2.75, 3.05) is 5.73 Å². The zero-order chi connectivity index (χ0) is 12.3. The second-order valence-corrected chi connectivity index (χ2v) is 4.75. The molecular formula is C14H19NO2. The molecule has 2 rings (SSSR count). The Morgan fingerprint density at radius 1 is 1.18 bits per heavy atom. The van der Waals surface area contributed by atoms with E-state index in [1.165, 1.54) is 12.5 Å². The van der Waals surface area contributed by atoms with E-state index in [-0.39, 0.29) is 12.1 Å². The normalized spacial score (nSPS) is 24.3. The molecule has 0 saturated heterocycles. The first-order valence-corrected chi connectivity index (χ1v) is 6.18. The Bertz CT molecular complexity index is 378. The van der Waals surface area contributed by atoms with Crippen LogP contribution in [0.3, 0.4) is 0 Å². The number of esters is 1. The molecule has 1 fully saturated rings. The Morgan fingerprint density at radius 2 is 1.76 bits per heavy atom. The lowest BCUT2D eigenvalue weighted by atomic mass is 9.83. The number of carbonyl (C=O) groups is 1. The summed E-state index contributed by atoms with van der Waals surface area (Å²) in [5.74, 6) is 0.420. The Balaban J connectivity index is 1.90. The molecule has 0 unspecified atom stereocenters. The molecule has 2 N–H and O–H groups in total. The molecule has 1 aliphatic carbocycles. The van der Waals surface area contributed by atoms with E-state index >= 15 is 0 Å². The number of hydrogen-bond acceptors (Lipinski definition) is 3. The maximum absolute atomic E-state index is 10.9. The van der Waals surface area contributed by atoms with Crippen molar-refractivity contribution in [2.45, 2.75) is 44.6 Å². The molecule has 1 aromatic rings. The van der Waals surface area contributed by atoms with Crippen molar-refractivity contribution in [3.05, 3.63) is 29.8 Å². The highest BCUT2D eigenvalue weighted by Crippen LogP contribution is 2.34. The molecule has 0 aromatic heterocycles. The molecule has 92 valence electrons. The summed E-state index contributed by atoms with van der Waals surface area (Å²) in [4.78, 5) is 10.9. The molecule has 0 aliphatic heterocycles. The van der Waals surface area contributed by atoms with Crippen LogP contribution in [0, 0.1) is 0 Å². The molecule has 0 bridgehead atoms. The zero-order valence-electron chi connectivity index (χ0n) is 10.2. The highest BCUT2D eigenvalue weighted by Gasteiger charge is 2.23. The summed E-state index contributed by atoms with van der Waals surface area (Å²) in [6.07, 6.45) is 4.23. The molecule has 0 amide bonds. The van der Waals surface area contributed by atoms with Crippen LogP contribution in [0.2, 0.25) is 0 Å². The van der Waals surface area contributed by atoms with E-state index in [1.807, 2.05) is 12.1 Å². The van der Waals surface area contributed by atoms with Crippen LogP contribution >= 0.6 is 0 Å². The summed E-state index contributed by atoms with van der Waals surface area (Å²) in [6.45, 7) is 1.48. The number of benzene rings is 1. The van der Waals surface area contributed by atoms with Crippen LogP contribution in [0.5, 0.6) is 0 Å². The summed E-state index contributed by atoms with van der Waals surface area (Å²) in [7, 11) is 0. The standard InChI is InChI=1S/C14H19NO2/c1-10(16)17-14-8-4-12(5-9-14)11-2-6-13(15)7-3-11/h2-3,6-7,12,14H,4-5,8-9,15H2,1H3. The molecule has 3 nitrogen and oxygen atoms in total. The van der Waals surface area contributed by atoms with Gasteiger partial charge < -0.3 is 10.5 Å². The van der Waals surface area contributed by atoms with E-state index in [0.717, 1.165) is 31.4 Å². The Hall–Kier alpha value is -1.51. The van der Waals surface area contributed by atoms with Gasteiger partial charge in [-0.15, -0.1) is 0 Å². The highest BCUT2D eigenvalue weighted by molar-refractivity contribution is 5.66. The molecular weight excluding hydrogens is 214 g/mol. The fraction of sp³-hybridized carbons (Fsp3) is 0.500. The number of rotatable bonds is 2. The molecule has 3 heteroatoms. The van der Waals surface area contributed by atoms with Crippen molar-refractivity contribution in [2.24, 2.45) is 0 Å². The van der Waals surface area contributed by atoms with Crippen molar-refractivity contribution in [1.82, 2.24) is 0 Å². The van der Waals surface area contributed by atoms with E-state index in [1.54, 1.807) is 0 Å². The van der Waals surface area contributed by atoms with Gasteiger partial charge in [-0.2, -0.15) is 0 Å². The van der Waals surface area contributed by atoms with E-state index in [9.17, 15) is 4.79 Å². The third-order valence-corrected chi connectivity index (χ3v) is 3.41. The van der Waals surface area contributed by atoms with Crippen LogP contribution in [-0.2, 0) is 9.53 Å². The summed E-state index contributed by atoms with van der Waals surface area (Å²) in [5.41, 5.74) is 7.83. The summed E-state index contributed by atoms with van der Waals surface area (Å²) in [5, 5.41) is 0. The van der Waals surface area contributed by atoms with Gasteiger partial charge in [0.05, 0.1) is 0 Å². The fourth-order valence-electron chi connectivity index (χ4n) is 2.52. The third kappa shape index (κ3) is 3.22. The maximum atomic E-state index is 10.9. The Morgan fingerprint density at radius 3 is 2.29 bits per heavy atom. The quantitative estimate of drug-likeness (QED) is 0.631. The van der Waals surface area contributed by atoms with Crippen molar-refractivity contribution in [3.8, 4) is 0 Å². The SMILES string of the molecule is CC(=O)OC1CCC(c2ccc(N)cc2)CC1. The van der Waals surface area contributed by atoms with Crippen LogP contribution in [-0.4, -0.2) is 12.1 Å². The molecule has 1 saturated carbocycles. The van der Waals surface area contributed by atoms with Crippen LogP contribution in [0.15, 0.2) is 24.3 Å². The van der Waals surface area contributed by atoms with Crippen LogP contribution in [0.1, 0.15) is 44.1 Å². The smallest absolute Gasteiger partial charge is 0.302 e. The first-order valence-electron chi connectivity index (χ1n) is 6.18. The summed E-state index contributed by atoms with van der Waals surface area (Å²) >= 11 is 0. The largest absolute Gasteiger partial charge is 0.463 e. The van der Waals surface area contributed by atoms with Gasteiger partial charge in [0.1, 0.15) is 6.10 Å². The highest BCUT2D eigenvalue weighted by atomic mass is 16.5. The zero-order valence-corrected chi connectivity index (χ0v) is 10.2. The molecule has 1 aliphatic rings. The lowest BCUT2D eigenvalue weighted by Crippen LogP contribution is -2.22. The maximum Gasteiger partial charge on any atom is 0.302 e. The number of anilines is 1. The minimum absolute atomic E-state index is 0.123. The average molecular weight is 233 g/mol. The molecule has 1 aromatic carbocycles. The fourth-order valence-corrected chi connectivity index (χ4v) is 2.52. The van der Waals surface area contributed by atoms with Crippen molar-refractivity contribution in [3.63, 3.8) is 0 Å². The third-order valence-electron chi connectivity index (χ3n) is 3.41. The monoisotopic (exact) mass is 233 g/mol. The summed E-state index contributed by atoms with van der Waals surface area (Å²) in [6, 6.07) is 8.11.